The highest BCUT2D eigenvalue weighted by molar-refractivity contribution is 7.15. The van der Waals surface area contributed by atoms with Crippen molar-refractivity contribution >= 4 is 28.4 Å². The van der Waals surface area contributed by atoms with Crippen molar-refractivity contribution in [1.82, 2.24) is 9.88 Å². The summed E-state index contributed by atoms with van der Waals surface area (Å²) in [6.45, 7) is 0.935. The number of thiazole rings is 1. The maximum atomic E-state index is 12.3. The summed E-state index contributed by atoms with van der Waals surface area (Å²) in [5.74, 6) is 0.0332. The van der Waals surface area contributed by atoms with Crippen LogP contribution in [-0.2, 0) is 9.53 Å². The standard InChI is InChI=1S/C15H22N4O3S/c16-13(20)11-9-19(6-7-22-11)15(21)18-14-17-8-12(23-14)10-4-2-1-3-5-10/h8,10-11H,1-7,9H2,(H2,16,20)(H,17,18,21). The van der Waals surface area contributed by atoms with E-state index in [2.05, 4.69) is 10.3 Å². The average Bonchev–Trinajstić information content (AvgIpc) is 3.04. The molecule has 3 amide bonds. The SMILES string of the molecule is NC(=O)C1CN(C(=O)Nc2ncc(C3CCCCC3)s2)CCO1. The number of amides is 3. The van der Waals surface area contributed by atoms with Crippen LogP contribution in [0.4, 0.5) is 9.93 Å². The molecule has 8 heteroatoms. The van der Waals surface area contributed by atoms with Crippen LogP contribution in [0.3, 0.4) is 0 Å². The van der Waals surface area contributed by atoms with Crippen molar-refractivity contribution in [2.75, 3.05) is 25.0 Å². The minimum atomic E-state index is -0.733. The van der Waals surface area contributed by atoms with Crippen LogP contribution in [0.1, 0.15) is 42.9 Å². The summed E-state index contributed by atoms with van der Waals surface area (Å²) in [6, 6.07) is -0.260. The number of aromatic nitrogens is 1. The van der Waals surface area contributed by atoms with Crippen LogP contribution in [-0.4, -0.2) is 47.6 Å². The molecule has 1 aromatic rings. The molecule has 7 nitrogen and oxygen atoms in total. The molecule has 2 fully saturated rings. The zero-order valence-corrected chi connectivity index (χ0v) is 13.8. The van der Waals surface area contributed by atoms with E-state index in [4.69, 9.17) is 10.5 Å². The molecule has 1 aliphatic heterocycles. The van der Waals surface area contributed by atoms with Crippen LogP contribution < -0.4 is 11.1 Å². The smallest absolute Gasteiger partial charge is 0.323 e. The number of anilines is 1. The molecular weight excluding hydrogens is 316 g/mol. The van der Waals surface area contributed by atoms with Gasteiger partial charge in [0.1, 0.15) is 0 Å². The van der Waals surface area contributed by atoms with Gasteiger partial charge < -0.3 is 15.4 Å². The number of urea groups is 1. The van der Waals surface area contributed by atoms with Crippen molar-refractivity contribution < 1.29 is 14.3 Å². The van der Waals surface area contributed by atoms with E-state index < -0.39 is 12.0 Å². The Kier molecular flexibility index (Phi) is 5.12. The third kappa shape index (κ3) is 4.00. The summed E-state index contributed by atoms with van der Waals surface area (Å²) in [6.07, 6.45) is 7.42. The van der Waals surface area contributed by atoms with E-state index in [1.807, 2.05) is 6.20 Å². The maximum Gasteiger partial charge on any atom is 0.323 e. The van der Waals surface area contributed by atoms with E-state index in [9.17, 15) is 9.59 Å². The second-order valence-electron chi connectivity index (χ2n) is 6.04. The van der Waals surface area contributed by atoms with Gasteiger partial charge >= 0.3 is 6.03 Å². The molecule has 126 valence electrons. The van der Waals surface area contributed by atoms with Gasteiger partial charge in [-0.05, 0) is 18.8 Å². The Morgan fingerprint density at radius 3 is 2.87 bits per heavy atom. The molecule has 2 aliphatic rings. The van der Waals surface area contributed by atoms with E-state index in [-0.39, 0.29) is 12.6 Å². The molecular formula is C15H22N4O3S. The van der Waals surface area contributed by atoms with Gasteiger partial charge in [-0.2, -0.15) is 0 Å². The van der Waals surface area contributed by atoms with Crippen LogP contribution in [0.5, 0.6) is 0 Å². The lowest BCUT2D eigenvalue weighted by atomic mass is 9.89. The Hall–Kier alpha value is -1.67. The molecule has 3 N–H and O–H groups in total. The quantitative estimate of drug-likeness (QED) is 0.879. The third-order valence-corrected chi connectivity index (χ3v) is 5.49. The number of primary amides is 1. The largest absolute Gasteiger partial charge is 0.367 e. The number of carbonyl (C=O) groups is 2. The summed E-state index contributed by atoms with van der Waals surface area (Å²) in [4.78, 5) is 30.6. The Balaban J connectivity index is 1.57. The fraction of sp³-hybridized carbons (Fsp3) is 0.667. The molecule has 1 aromatic heterocycles. The van der Waals surface area contributed by atoms with E-state index in [0.29, 0.717) is 24.2 Å². The highest BCUT2D eigenvalue weighted by Gasteiger charge is 2.28. The van der Waals surface area contributed by atoms with Gasteiger partial charge in [-0.3, -0.25) is 10.1 Å². The number of nitrogens with zero attached hydrogens (tertiary/aromatic N) is 2. The van der Waals surface area contributed by atoms with Crippen molar-refractivity contribution in [3.8, 4) is 0 Å². The van der Waals surface area contributed by atoms with E-state index >= 15 is 0 Å². The molecule has 0 spiro atoms. The minimum Gasteiger partial charge on any atom is -0.367 e. The number of nitrogens with one attached hydrogen (secondary N) is 1. The lowest BCUT2D eigenvalue weighted by Gasteiger charge is -2.31. The van der Waals surface area contributed by atoms with Gasteiger partial charge in [-0.1, -0.05) is 19.3 Å². The molecule has 0 bridgehead atoms. The van der Waals surface area contributed by atoms with Crippen molar-refractivity contribution in [2.24, 2.45) is 5.73 Å². The Bertz CT molecular complexity index is 571. The fourth-order valence-electron chi connectivity index (χ4n) is 3.10. The summed E-state index contributed by atoms with van der Waals surface area (Å²) in [5.41, 5.74) is 5.24. The number of hydrogen-bond acceptors (Lipinski definition) is 5. The first kappa shape index (κ1) is 16.2. The Labute approximate surface area is 139 Å². The van der Waals surface area contributed by atoms with Gasteiger partial charge in [-0.15, -0.1) is 11.3 Å². The van der Waals surface area contributed by atoms with E-state index in [1.54, 1.807) is 16.2 Å². The zero-order chi connectivity index (χ0) is 16.2. The van der Waals surface area contributed by atoms with E-state index in [1.165, 1.54) is 37.0 Å². The molecule has 23 heavy (non-hydrogen) atoms. The van der Waals surface area contributed by atoms with Gasteiger partial charge in [0.05, 0.1) is 13.2 Å². The molecule has 3 rings (SSSR count). The molecule has 2 heterocycles. The molecule has 1 saturated carbocycles. The van der Waals surface area contributed by atoms with Crippen molar-refractivity contribution in [2.45, 2.75) is 44.1 Å². The van der Waals surface area contributed by atoms with Crippen molar-refractivity contribution in [3.05, 3.63) is 11.1 Å². The van der Waals surface area contributed by atoms with Crippen molar-refractivity contribution in [3.63, 3.8) is 0 Å². The number of rotatable bonds is 3. The van der Waals surface area contributed by atoms with Crippen LogP contribution in [0.15, 0.2) is 6.20 Å². The molecule has 1 saturated heterocycles. The average molecular weight is 338 g/mol. The second kappa shape index (κ2) is 7.27. The summed E-state index contributed by atoms with van der Waals surface area (Å²) in [7, 11) is 0. The van der Waals surface area contributed by atoms with Crippen LogP contribution in [0, 0.1) is 0 Å². The molecule has 1 aliphatic carbocycles. The first-order valence-corrected chi connectivity index (χ1v) is 8.87. The molecule has 1 atom stereocenters. The molecule has 0 aromatic carbocycles. The number of nitrogens with two attached hydrogens (primary N) is 1. The predicted molar refractivity (Wildman–Crippen MR) is 87.5 cm³/mol. The highest BCUT2D eigenvalue weighted by Crippen LogP contribution is 2.36. The molecule has 0 radical (unpaired) electrons. The van der Waals surface area contributed by atoms with Crippen LogP contribution in [0.2, 0.25) is 0 Å². The normalized spacial score (nSPS) is 22.8. The number of carbonyl (C=O) groups excluding carboxylic acids is 2. The van der Waals surface area contributed by atoms with Crippen LogP contribution in [0.25, 0.3) is 0 Å². The highest BCUT2D eigenvalue weighted by atomic mass is 32.1. The monoisotopic (exact) mass is 338 g/mol. The number of hydrogen-bond donors (Lipinski definition) is 2. The van der Waals surface area contributed by atoms with Crippen molar-refractivity contribution in [1.29, 1.82) is 0 Å². The number of morpholine rings is 1. The summed E-state index contributed by atoms with van der Waals surface area (Å²) >= 11 is 1.55. The first-order valence-electron chi connectivity index (χ1n) is 8.06. The number of ether oxygens (including phenoxy) is 1. The predicted octanol–water partition coefficient (Wildman–Crippen LogP) is 1.91. The lowest BCUT2D eigenvalue weighted by molar-refractivity contribution is -0.133. The maximum absolute atomic E-state index is 12.3. The second-order valence-corrected chi connectivity index (χ2v) is 7.10. The Morgan fingerprint density at radius 1 is 1.35 bits per heavy atom. The minimum absolute atomic E-state index is 0.183. The van der Waals surface area contributed by atoms with Crippen LogP contribution >= 0.6 is 11.3 Å². The molecule has 1 unspecified atom stereocenters. The lowest BCUT2D eigenvalue weighted by Crippen LogP contribution is -2.51. The van der Waals surface area contributed by atoms with E-state index in [0.717, 1.165) is 0 Å². The summed E-state index contributed by atoms with van der Waals surface area (Å²) in [5, 5.41) is 3.43. The van der Waals surface area contributed by atoms with Gasteiger partial charge in [0, 0.05) is 17.6 Å². The fourth-order valence-corrected chi connectivity index (χ4v) is 4.07. The first-order chi connectivity index (χ1) is 11.1. The van der Waals surface area contributed by atoms with Gasteiger partial charge in [0.25, 0.3) is 0 Å². The van der Waals surface area contributed by atoms with Gasteiger partial charge in [0.15, 0.2) is 11.2 Å². The summed E-state index contributed by atoms with van der Waals surface area (Å²) < 4.78 is 5.24. The Morgan fingerprint density at radius 2 is 2.13 bits per heavy atom. The topological polar surface area (TPSA) is 97.6 Å². The third-order valence-electron chi connectivity index (χ3n) is 4.42. The van der Waals surface area contributed by atoms with Gasteiger partial charge in [-0.25, -0.2) is 9.78 Å². The van der Waals surface area contributed by atoms with Gasteiger partial charge in [0.2, 0.25) is 5.91 Å². The zero-order valence-electron chi connectivity index (χ0n) is 13.0.